The molecular formula is C28H24FN5O5S. The lowest BCUT2D eigenvalue weighted by atomic mass is 9.92. The van der Waals surface area contributed by atoms with Crippen LogP contribution in [0.25, 0.3) is 31.8 Å². The van der Waals surface area contributed by atoms with E-state index in [0.29, 0.717) is 51.8 Å². The van der Waals surface area contributed by atoms with Gasteiger partial charge in [-0.3, -0.25) is 5.32 Å². The molecule has 204 valence electrons. The first-order chi connectivity index (χ1) is 19.4. The third kappa shape index (κ3) is 5.05. The molecular weight excluding hydrogens is 537 g/mol. The number of fused-ring (bicyclic) bond motifs is 2. The number of halogens is 1. The van der Waals surface area contributed by atoms with Gasteiger partial charge in [-0.05, 0) is 43.5 Å². The Morgan fingerprint density at radius 1 is 0.975 bits per heavy atom. The van der Waals surface area contributed by atoms with Crippen molar-refractivity contribution in [1.82, 2.24) is 19.9 Å². The van der Waals surface area contributed by atoms with Gasteiger partial charge in [-0.25, -0.2) is 29.1 Å². The third-order valence-electron chi connectivity index (χ3n) is 6.53. The van der Waals surface area contributed by atoms with E-state index in [1.54, 1.807) is 31.5 Å². The number of amides is 1. The topological polar surface area (TPSA) is 118 Å². The molecule has 0 unspecified atom stereocenters. The van der Waals surface area contributed by atoms with E-state index in [1.807, 2.05) is 19.1 Å². The summed E-state index contributed by atoms with van der Waals surface area (Å²) in [6, 6.07) is 10.2. The Balaban J connectivity index is 1.19. The molecule has 12 heteroatoms. The van der Waals surface area contributed by atoms with Crippen molar-refractivity contribution in [3.8, 4) is 28.1 Å². The summed E-state index contributed by atoms with van der Waals surface area (Å²) in [4.78, 5) is 30.1. The molecule has 0 saturated heterocycles. The first kappa shape index (κ1) is 25.7. The molecule has 0 radical (unpaired) electrons. The molecule has 0 spiro atoms. The number of thiazole rings is 1. The molecule has 5 aromatic rings. The normalized spacial score (nSPS) is 16.4. The van der Waals surface area contributed by atoms with E-state index in [0.717, 1.165) is 15.8 Å². The van der Waals surface area contributed by atoms with Gasteiger partial charge < -0.3 is 18.9 Å². The lowest BCUT2D eigenvalue weighted by Crippen LogP contribution is -2.45. The van der Waals surface area contributed by atoms with Gasteiger partial charge in [0.05, 0.1) is 53.6 Å². The summed E-state index contributed by atoms with van der Waals surface area (Å²) < 4.78 is 37.5. The monoisotopic (exact) mass is 561 g/mol. The summed E-state index contributed by atoms with van der Waals surface area (Å²) in [6.07, 6.45) is 2.65. The van der Waals surface area contributed by atoms with Gasteiger partial charge >= 0.3 is 6.09 Å². The number of methoxy groups -OCH3 is 2. The largest absolute Gasteiger partial charge is 0.483 e. The van der Waals surface area contributed by atoms with E-state index in [2.05, 4.69) is 25.3 Å². The van der Waals surface area contributed by atoms with Gasteiger partial charge in [0.25, 0.3) is 0 Å². The van der Waals surface area contributed by atoms with Crippen molar-refractivity contribution in [1.29, 1.82) is 0 Å². The van der Waals surface area contributed by atoms with Crippen LogP contribution < -0.4 is 19.5 Å². The maximum atomic E-state index is 15.1. The van der Waals surface area contributed by atoms with Crippen molar-refractivity contribution in [3.05, 3.63) is 60.2 Å². The molecule has 1 saturated carbocycles. The minimum Gasteiger partial charge on any atom is -0.483 e. The zero-order valence-electron chi connectivity index (χ0n) is 21.8. The molecule has 2 atom stereocenters. The van der Waals surface area contributed by atoms with Crippen molar-refractivity contribution in [2.45, 2.75) is 32.0 Å². The number of carbonyl (C=O) groups is 1. The average molecular weight is 562 g/mol. The quantitative estimate of drug-likeness (QED) is 0.258. The SMILES string of the molecule is COc1ccc(NC(=O)O[C@H]2CC[C@H]2Oc2cc3sc(-c4cc(C)cc5nc(OC)cnc45)nc3cc2F)cn1. The molecule has 40 heavy (non-hydrogen) atoms. The number of nitrogens with one attached hydrogen (secondary N) is 1. The third-order valence-corrected chi connectivity index (χ3v) is 7.58. The Bertz CT molecular complexity index is 1730. The zero-order valence-corrected chi connectivity index (χ0v) is 22.6. The average Bonchev–Trinajstić information content (AvgIpc) is 3.36. The predicted octanol–water partition coefficient (Wildman–Crippen LogP) is 5.92. The number of benzene rings is 2. The molecule has 1 amide bonds. The number of pyridine rings is 1. The highest BCUT2D eigenvalue weighted by atomic mass is 32.1. The van der Waals surface area contributed by atoms with Crippen LogP contribution in [0.2, 0.25) is 0 Å². The number of aromatic nitrogens is 4. The summed E-state index contributed by atoms with van der Waals surface area (Å²) in [5, 5.41) is 3.31. The molecule has 1 aliphatic rings. The molecule has 10 nitrogen and oxygen atoms in total. The second kappa shape index (κ2) is 10.5. The highest BCUT2D eigenvalue weighted by Gasteiger charge is 2.37. The Labute approximate surface area is 232 Å². The van der Waals surface area contributed by atoms with E-state index < -0.39 is 24.1 Å². The summed E-state index contributed by atoms with van der Waals surface area (Å²) in [6.45, 7) is 1.97. The molecule has 0 aliphatic heterocycles. The standard InChI is InChI=1S/C28H24FN5O5S/c1-14-8-16(26-19(9-14)33-25(37-3)13-31-26)27-34-18-10-17(29)22(11-23(18)40-27)38-20-5-6-21(20)39-28(35)32-15-4-7-24(36-2)30-12-15/h4,7-13,20-21H,5-6H2,1-3H3,(H,32,35)/t20-,21+/m1/s1. The van der Waals surface area contributed by atoms with Gasteiger partial charge in [0.1, 0.15) is 17.2 Å². The number of rotatable bonds is 7. The highest BCUT2D eigenvalue weighted by molar-refractivity contribution is 7.21. The van der Waals surface area contributed by atoms with Gasteiger partial charge in [0, 0.05) is 23.8 Å². The van der Waals surface area contributed by atoms with Gasteiger partial charge in [-0.1, -0.05) is 0 Å². The number of hydrogen-bond donors (Lipinski definition) is 1. The van der Waals surface area contributed by atoms with Crippen LogP contribution in [0.5, 0.6) is 17.5 Å². The van der Waals surface area contributed by atoms with E-state index in [9.17, 15) is 4.79 Å². The van der Waals surface area contributed by atoms with Crippen molar-refractivity contribution in [3.63, 3.8) is 0 Å². The minimum atomic E-state index is -0.639. The molecule has 1 N–H and O–H groups in total. The molecule has 3 aromatic heterocycles. The summed E-state index contributed by atoms with van der Waals surface area (Å²) in [5.74, 6) is 0.396. The second-order valence-electron chi connectivity index (χ2n) is 9.25. The van der Waals surface area contributed by atoms with Crippen LogP contribution in [0.1, 0.15) is 18.4 Å². The Morgan fingerprint density at radius 2 is 1.80 bits per heavy atom. The van der Waals surface area contributed by atoms with E-state index in [4.69, 9.17) is 18.9 Å². The van der Waals surface area contributed by atoms with Crippen molar-refractivity contribution in [2.75, 3.05) is 19.5 Å². The molecule has 1 fully saturated rings. The number of anilines is 1. The molecule has 2 aromatic carbocycles. The zero-order chi connectivity index (χ0) is 27.8. The van der Waals surface area contributed by atoms with E-state index >= 15 is 4.39 Å². The Morgan fingerprint density at radius 3 is 2.52 bits per heavy atom. The Kier molecular flexibility index (Phi) is 6.76. The lowest BCUT2D eigenvalue weighted by molar-refractivity contribution is -0.0431. The van der Waals surface area contributed by atoms with Crippen LogP contribution in [-0.4, -0.2) is 52.5 Å². The van der Waals surface area contributed by atoms with E-state index in [1.165, 1.54) is 30.7 Å². The summed E-state index contributed by atoms with van der Waals surface area (Å²) in [7, 11) is 3.05. The summed E-state index contributed by atoms with van der Waals surface area (Å²) in [5.41, 5.74) is 4.14. The molecule has 6 rings (SSSR count). The highest BCUT2D eigenvalue weighted by Crippen LogP contribution is 2.38. The van der Waals surface area contributed by atoms with Crippen LogP contribution in [0.15, 0.2) is 48.8 Å². The number of nitrogens with zero attached hydrogens (tertiary/aromatic N) is 4. The van der Waals surface area contributed by atoms with Crippen molar-refractivity contribution < 1.29 is 28.1 Å². The molecule has 1 aliphatic carbocycles. The number of carbonyl (C=O) groups excluding carboxylic acids is 1. The minimum absolute atomic E-state index is 0.0828. The van der Waals surface area contributed by atoms with Gasteiger partial charge in [0.15, 0.2) is 11.6 Å². The van der Waals surface area contributed by atoms with Crippen LogP contribution >= 0.6 is 11.3 Å². The fraction of sp³-hybridized carbons (Fsp3) is 0.250. The van der Waals surface area contributed by atoms with Gasteiger partial charge in [0.2, 0.25) is 11.8 Å². The molecule has 3 heterocycles. The number of ether oxygens (including phenoxy) is 4. The lowest BCUT2D eigenvalue weighted by Gasteiger charge is -2.35. The predicted molar refractivity (Wildman–Crippen MR) is 148 cm³/mol. The van der Waals surface area contributed by atoms with E-state index in [-0.39, 0.29) is 5.75 Å². The molecule has 0 bridgehead atoms. The second-order valence-corrected chi connectivity index (χ2v) is 10.3. The fourth-order valence-corrected chi connectivity index (χ4v) is 5.37. The van der Waals surface area contributed by atoms with Crippen molar-refractivity contribution in [2.24, 2.45) is 0 Å². The van der Waals surface area contributed by atoms with Crippen LogP contribution in [0, 0.1) is 12.7 Å². The van der Waals surface area contributed by atoms with Gasteiger partial charge in [-0.15, -0.1) is 11.3 Å². The smallest absolute Gasteiger partial charge is 0.412 e. The van der Waals surface area contributed by atoms with Crippen LogP contribution in [0.4, 0.5) is 14.9 Å². The maximum absolute atomic E-state index is 15.1. The first-order valence-electron chi connectivity index (χ1n) is 12.5. The maximum Gasteiger partial charge on any atom is 0.412 e. The fourth-order valence-electron chi connectivity index (χ4n) is 4.38. The number of aryl methyl sites for hydroxylation is 1. The van der Waals surface area contributed by atoms with Crippen molar-refractivity contribution >= 4 is 44.4 Å². The van der Waals surface area contributed by atoms with Crippen LogP contribution in [0.3, 0.4) is 0 Å². The Hall–Kier alpha value is -4.58. The van der Waals surface area contributed by atoms with Crippen LogP contribution in [-0.2, 0) is 4.74 Å². The number of hydrogen-bond acceptors (Lipinski definition) is 10. The van der Waals surface area contributed by atoms with Gasteiger partial charge in [-0.2, -0.15) is 0 Å². The summed E-state index contributed by atoms with van der Waals surface area (Å²) >= 11 is 1.41. The first-order valence-corrected chi connectivity index (χ1v) is 13.3.